The molecule has 1 aliphatic heterocycles. The van der Waals surface area contributed by atoms with Crippen LogP contribution in [0, 0.1) is 0 Å². The Balaban J connectivity index is 2.01. The summed E-state index contributed by atoms with van der Waals surface area (Å²) in [5, 5.41) is 0. The lowest BCUT2D eigenvalue weighted by atomic mass is 9.83. The van der Waals surface area contributed by atoms with Crippen LogP contribution < -0.4 is 9.47 Å². The minimum atomic E-state index is 0.327. The number of nitrogens with zero attached hydrogens (tertiary/aromatic N) is 1. The number of aryl methyl sites for hydroxylation is 1. The molecule has 0 saturated heterocycles. The monoisotopic (exact) mass is 293 g/mol. The number of hydrogen-bond acceptors (Lipinski definition) is 3. The number of fused-ring (bicyclic) bond motifs is 2. The van der Waals surface area contributed by atoms with E-state index in [1.807, 2.05) is 6.21 Å². The molecule has 1 heterocycles. The maximum atomic E-state index is 5.69. The predicted molar refractivity (Wildman–Crippen MR) is 87.7 cm³/mol. The van der Waals surface area contributed by atoms with Crippen molar-refractivity contribution in [2.75, 3.05) is 20.8 Å². The largest absolute Gasteiger partial charge is 0.493 e. The molecule has 3 nitrogen and oxygen atoms in total. The van der Waals surface area contributed by atoms with Gasteiger partial charge in [0.2, 0.25) is 0 Å². The zero-order valence-electron chi connectivity index (χ0n) is 12.9. The molecule has 0 spiro atoms. The summed E-state index contributed by atoms with van der Waals surface area (Å²) in [5.74, 6) is 2.01. The fraction of sp³-hybridized carbons (Fsp3) is 0.316. The first-order valence-corrected chi connectivity index (χ1v) is 7.69. The number of aliphatic imine (C=N–C) groups is 1. The van der Waals surface area contributed by atoms with Gasteiger partial charge in [0, 0.05) is 29.8 Å². The summed E-state index contributed by atoms with van der Waals surface area (Å²) >= 11 is 0. The third kappa shape index (κ3) is 1.85. The molecule has 4 rings (SSSR count). The molecule has 0 fully saturated rings. The summed E-state index contributed by atoms with van der Waals surface area (Å²) in [6, 6.07) is 10.8. The highest BCUT2D eigenvalue weighted by Gasteiger charge is 2.31. The first-order valence-electron chi connectivity index (χ1n) is 7.69. The van der Waals surface area contributed by atoms with Crippen molar-refractivity contribution in [2.24, 2.45) is 4.99 Å². The normalized spacial score (nSPS) is 18.2. The van der Waals surface area contributed by atoms with E-state index in [1.165, 1.54) is 27.8 Å². The molecule has 1 unspecified atom stereocenters. The van der Waals surface area contributed by atoms with Crippen molar-refractivity contribution in [3.8, 4) is 11.5 Å². The van der Waals surface area contributed by atoms with Gasteiger partial charge in [0.15, 0.2) is 11.5 Å². The van der Waals surface area contributed by atoms with Crippen LogP contribution in [0.5, 0.6) is 11.5 Å². The van der Waals surface area contributed by atoms with E-state index in [9.17, 15) is 0 Å². The molecular weight excluding hydrogens is 274 g/mol. The van der Waals surface area contributed by atoms with Crippen molar-refractivity contribution in [1.82, 2.24) is 0 Å². The Morgan fingerprint density at radius 2 is 1.95 bits per heavy atom. The van der Waals surface area contributed by atoms with E-state index in [0.29, 0.717) is 5.92 Å². The maximum Gasteiger partial charge on any atom is 0.164 e. The number of benzene rings is 2. The first-order chi connectivity index (χ1) is 10.8. The van der Waals surface area contributed by atoms with Crippen LogP contribution in [0.2, 0.25) is 0 Å². The minimum absolute atomic E-state index is 0.327. The van der Waals surface area contributed by atoms with Crippen LogP contribution in [0.15, 0.2) is 35.3 Å². The lowest BCUT2D eigenvalue weighted by molar-refractivity contribution is 0.351. The van der Waals surface area contributed by atoms with Crippen molar-refractivity contribution < 1.29 is 9.47 Å². The standard InChI is InChI=1S/C19H19NO2/c1-21-17-9-13-10-20-11-16-14-6-4-3-5-12(14)7-8-15(18(13)16)19(17)22-2/h3-6,9-10,16H,7-8,11H2,1-2H3. The molecule has 0 bridgehead atoms. The van der Waals surface area contributed by atoms with Gasteiger partial charge < -0.3 is 9.47 Å². The van der Waals surface area contributed by atoms with Crippen molar-refractivity contribution in [3.05, 3.63) is 58.1 Å². The van der Waals surface area contributed by atoms with Crippen molar-refractivity contribution in [2.45, 2.75) is 18.8 Å². The molecule has 0 aromatic heterocycles. The van der Waals surface area contributed by atoms with Gasteiger partial charge in [-0.1, -0.05) is 24.3 Å². The molecule has 1 atom stereocenters. The Bertz CT molecular complexity index is 764. The van der Waals surface area contributed by atoms with Crippen molar-refractivity contribution >= 4 is 6.21 Å². The van der Waals surface area contributed by atoms with E-state index in [0.717, 1.165) is 30.9 Å². The highest BCUT2D eigenvalue weighted by atomic mass is 16.5. The summed E-state index contributed by atoms with van der Waals surface area (Å²) < 4.78 is 11.2. The van der Waals surface area contributed by atoms with E-state index >= 15 is 0 Å². The summed E-state index contributed by atoms with van der Waals surface area (Å²) in [4.78, 5) is 4.60. The molecular formula is C19H19NO2. The van der Waals surface area contributed by atoms with Crippen LogP contribution in [0.3, 0.4) is 0 Å². The lowest BCUT2D eigenvalue weighted by Gasteiger charge is -2.26. The molecule has 0 radical (unpaired) electrons. The van der Waals surface area contributed by atoms with Crippen LogP contribution in [0.25, 0.3) is 0 Å². The molecule has 0 amide bonds. The van der Waals surface area contributed by atoms with Crippen molar-refractivity contribution in [3.63, 3.8) is 0 Å². The van der Waals surface area contributed by atoms with Gasteiger partial charge in [0.25, 0.3) is 0 Å². The third-order valence-corrected chi connectivity index (χ3v) is 4.79. The molecule has 2 aliphatic rings. The van der Waals surface area contributed by atoms with Crippen LogP contribution in [-0.4, -0.2) is 27.0 Å². The highest BCUT2D eigenvalue weighted by Crippen LogP contribution is 2.45. The van der Waals surface area contributed by atoms with Crippen LogP contribution >= 0.6 is 0 Å². The Morgan fingerprint density at radius 1 is 1.09 bits per heavy atom. The number of ether oxygens (including phenoxy) is 2. The Morgan fingerprint density at radius 3 is 2.77 bits per heavy atom. The van der Waals surface area contributed by atoms with Gasteiger partial charge in [0.1, 0.15) is 0 Å². The second-order valence-corrected chi connectivity index (χ2v) is 5.84. The smallest absolute Gasteiger partial charge is 0.164 e. The number of methoxy groups -OCH3 is 2. The predicted octanol–water partition coefficient (Wildman–Crippen LogP) is 3.37. The Labute approximate surface area is 130 Å². The van der Waals surface area contributed by atoms with E-state index < -0.39 is 0 Å². The SMILES string of the molecule is COc1cc2c3c(c1OC)CCc1ccccc1C3CN=C2. The molecule has 2 aromatic carbocycles. The van der Waals surface area contributed by atoms with Gasteiger partial charge in [-0.3, -0.25) is 4.99 Å². The Hall–Kier alpha value is -2.29. The molecule has 0 N–H and O–H groups in total. The average molecular weight is 293 g/mol. The molecule has 1 aliphatic carbocycles. The van der Waals surface area contributed by atoms with Crippen LogP contribution in [0.4, 0.5) is 0 Å². The second-order valence-electron chi connectivity index (χ2n) is 5.84. The van der Waals surface area contributed by atoms with Gasteiger partial charge in [-0.15, -0.1) is 0 Å². The third-order valence-electron chi connectivity index (χ3n) is 4.79. The van der Waals surface area contributed by atoms with Crippen LogP contribution in [-0.2, 0) is 12.8 Å². The van der Waals surface area contributed by atoms with E-state index in [-0.39, 0.29) is 0 Å². The summed E-state index contributed by atoms with van der Waals surface area (Å²) in [6.07, 6.45) is 3.98. The Kier molecular flexibility index (Phi) is 3.14. The average Bonchev–Trinajstić information content (AvgIpc) is 2.74. The topological polar surface area (TPSA) is 30.8 Å². The number of hydrogen-bond donors (Lipinski definition) is 0. The molecule has 0 saturated carbocycles. The summed E-state index contributed by atoms with van der Waals surface area (Å²) in [7, 11) is 3.42. The fourth-order valence-corrected chi connectivity index (χ4v) is 3.83. The van der Waals surface area contributed by atoms with Gasteiger partial charge in [-0.2, -0.15) is 0 Å². The van der Waals surface area contributed by atoms with Crippen molar-refractivity contribution in [1.29, 1.82) is 0 Å². The second kappa shape index (κ2) is 5.16. The van der Waals surface area contributed by atoms with Gasteiger partial charge in [0.05, 0.1) is 14.2 Å². The van der Waals surface area contributed by atoms with E-state index in [4.69, 9.17) is 9.47 Å². The molecule has 112 valence electrons. The summed E-state index contributed by atoms with van der Waals surface area (Å²) in [6.45, 7) is 0.812. The number of rotatable bonds is 2. The van der Waals surface area contributed by atoms with Gasteiger partial charge in [-0.05, 0) is 35.6 Å². The maximum absolute atomic E-state index is 5.69. The van der Waals surface area contributed by atoms with E-state index in [1.54, 1.807) is 14.2 Å². The minimum Gasteiger partial charge on any atom is -0.493 e. The molecule has 2 aromatic rings. The first kappa shape index (κ1) is 13.4. The van der Waals surface area contributed by atoms with Gasteiger partial charge in [-0.25, -0.2) is 0 Å². The van der Waals surface area contributed by atoms with E-state index in [2.05, 4.69) is 35.3 Å². The van der Waals surface area contributed by atoms with Gasteiger partial charge >= 0.3 is 0 Å². The molecule has 3 heteroatoms. The lowest BCUT2D eigenvalue weighted by Crippen LogP contribution is -2.15. The fourth-order valence-electron chi connectivity index (χ4n) is 3.83. The summed E-state index contributed by atoms with van der Waals surface area (Å²) in [5.41, 5.74) is 6.65. The quantitative estimate of drug-likeness (QED) is 0.850. The molecule has 22 heavy (non-hydrogen) atoms. The zero-order valence-corrected chi connectivity index (χ0v) is 12.9. The van der Waals surface area contributed by atoms with Crippen LogP contribution in [0.1, 0.15) is 33.7 Å². The highest BCUT2D eigenvalue weighted by molar-refractivity contribution is 5.87. The zero-order chi connectivity index (χ0) is 15.1.